The van der Waals surface area contributed by atoms with Gasteiger partial charge in [-0.15, -0.1) is 0 Å². The molecule has 0 aliphatic carbocycles. The van der Waals surface area contributed by atoms with Gasteiger partial charge in [-0.05, 0) is 13.8 Å². The molecule has 1 aromatic rings. The van der Waals surface area contributed by atoms with Gasteiger partial charge in [-0.3, -0.25) is 0 Å². The Hall–Kier alpha value is -1.18. The highest BCUT2D eigenvalue weighted by atomic mass is 16.8. The van der Waals surface area contributed by atoms with Crippen molar-refractivity contribution in [2.45, 2.75) is 81.4 Å². The molecule has 10 heteroatoms. The lowest BCUT2D eigenvalue weighted by atomic mass is 9.94. The van der Waals surface area contributed by atoms with Crippen LogP contribution in [0.1, 0.15) is 24.3 Å². The smallest absolute Gasteiger partial charge is 0.187 e. The third kappa shape index (κ3) is 4.51. The van der Waals surface area contributed by atoms with Gasteiger partial charge in [0.05, 0.1) is 19.3 Å². The van der Waals surface area contributed by atoms with Gasteiger partial charge < -0.3 is 49.2 Å². The van der Waals surface area contributed by atoms with Crippen LogP contribution in [0.5, 0.6) is 0 Å². The molecular weight excluding hydrogens is 412 g/mol. The largest absolute Gasteiger partial charge is 0.394 e. The zero-order chi connectivity index (χ0) is 22.3. The van der Waals surface area contributed by atoms with E-state index in [-0.39, 0.29) is 6.61 Å². The third-order valence-electron chi connectivity index (χ3n) is 6.08. The average Bonchev–Trinajstić information content (AvgIpc) is 2.77. The van der Waals surface area contributed by atoms with Crippen LogP contribution < -0.4 is 0 Å². The van der Waals surface area contributed by atoms with E-state index in [1.54, 1.807) is 6.92 Å². The second-order valence-corrected chi connectivity index (χ2v) is 8.34. The molecular formula is C21H30O10. The van der Waals surface area contributed by atoms with E-state index in [0.29, 0.717) is 0 Å². The highest BCUT2D eigenvalue weighted by Crippen LogP contribution is 2.35. The average molecular weight is 442 g/mol. The normalized spacial score (nSPS) is 45.8. The van der Waals surface area contributed by atoms with Crippen LogP contribution in [-0.2, 0) is 23.7 Å². The lowest BCUT2D eigenvalue weighted by Gasteiger charge is -2.48. The molecule has 4 rings (SSSR count). The first kappa shape index (κ1) is 23.0. The van der Waals surface area contributed by atoms with Crippen LogP contribution in [0.2, 0.25) is 0 Å². The van der Waals surface area contributed by atoms with Crippen molar-refractivity contribution in [3.63, 3.8) is 0 Å². The standard InChI is InChI=1S/C21H30O10/c1-9-3-5-11(6-4-9)20-27-8-13-19(30-20)16(25)17(26)21(29-13)31-18-12(7-22)28-10(2)14(23)15(18)24/h3-6,10,12-26H,7-8H2,1-2H3/t10-,12?,13?,14?,15+,16+,17?,18-,19-,20?,21-/m0/s1. The summed E-state index contributed by atoms with van der Waals surface area (Å²) < 4.78 is 28.5. The number of benzene rings is 1. The van der Waals surface area contributed by atoms with E-state index in [1.807, 2.05) is 31.2 Å². The maximum absolute atomic E-state index is 10.7. The summed E-state index contributed by atoms with van der Waals surface area (Å²) in [7, 11) is 0. The van der Waals surface area contributed by atoms with Gasteiger partial charge in [0, 0.05) is 5.56 Å². The summed E-state index contributed by atoms with van der Waals surface area (Å²) in [5, 5.41) is 51.3. The van der Waals surface area contributed by atoms with Crippen LogP contribution >= 0.6 is 0 Å². The maximum atomic E-state index is 10.7. The Morgan fingerprint density at radius 2 is 1.65 bits per heavy atom. The first-order valence-corrected chi connectivity index (χ1v) is 10.4. The molecule has 0 saturated carbocycles. The first-order valence-electron chi connectivity index (χ1n) is 10.4. The Labute approximate surface area is 179 Å². The van der Waals surface area contributed by atoms with E-state index >= 15 is 0 Å². The van der Waals surface area contributed by atoms with Crippen LogP contribution in [0.15, 0.2) is 24.3 Å². The number of hydrogen-bond acceptors (Lipinski definition) is 10. The van der Waals surface area contributed by atoms with Crippen molar-refractivity contribution in [1.82, 2.24) is 0 Å². The van der Waals surface area contributed by atoms with Gasteiger partial charge in [0.15, 0.2) is 12.6 Å². The molecule has 11 atom stereocenters. The van der Waals surface area contributed by atoms with E-state index in [2.05, 4.69) is 0 Å². The molecule has 3 aliphatic rings. The molecule has 174 valence electrons. The van der Waals surface area contributed by atoms with Gasteiger partial charge >= 0.3 is 0 Å². The molecule has 3 fully saturated rings. The second kappa shape index (κ2) is 9.36. The number of fused-ring (bicyclic) bond motifs is 1. The van der Waals surface area contributed by atoms with Crippen molar-refractivity contribution in [1.29, 1.82) is 0 Å². The molecule has 0 amide bonds. The minimum Gasteiger partial charge on any atom is -0.394 e. The minimum atomic E-state index is -1.50. The summed E-state index contributed by atoms with van der Waals surface area (Å²) in [4.78, 5) is 0. The topological polar surface area (TPSA) is 147 Å². The van der Waals surface area contributed by atoms with Gasteiger partial charge in [0.1, 0.15) is 48.8 Å². The molecule has 0 radical (unpaired) electrons. The van der Waals surface area contributed by atoms with Crippen LogP contribution in [0.4, 0.5) is 0 Å². The number of rotatable bonds is 4. The first-order chi connectivity index (χ1) is 14.8. The SMILES string of the molecule is Cc1ccc(C2OCC3O[C@@H](O[C@H]4C(CO)O[C@@H](C)C(O)[C@H]4O)C(O)[C@@H](O)[C@H]3O2)cc1. The summed E-state index contributed by atoms with van der Waals surface area (Å²) in [5.74, 6) is 0. The fourth-order valence-electron chi connectivity index (χ4n) is 4.18. The van der Waals surface area contributed by atoms with Crippen molar-refractivity contribution in [2.75, 3.05) is 13.2 Å². The van der Waals surface area contributed by atoms with Gasteiger partial charge in [0.2, 0.25) is 0 Å². The summed E-state index contributed by atoms with van der Waals surface area (Å²) in [5.41, 5.74) is 1.86. The van der Waals surface area contributed by atoms with Crippen LogP contribution in [0.3, 0.4) is 0 Å². The molecule has 3 aliphatic heterocycles. The summed E-state index contributed by atoms with van der Waals surface area (Å²) in [6, 6.07) is 7.57. The summed E-state index contributed by atoms with van der Waals surface area (Å²) in [6.07, 6.45) is -12.0. The molecule has 0 aromatic heterocycles. The Kier molecular flexibility index (Phi) is 6.94. The van der Waals surface area contributed by atoms with Gasteiger partial charge in [0.25, 0.3) is 0 Å². The fraction of sp³-hybridized carbons (Fsp3) is 0.714. The predicted molar refractivity (Wildman–Crippen MR) is 104 cm³/mol. The van der Waals surface area contributed by atoms with Crippen molar-refractivity contribution in [3.05, 3.63) is 35.4 Å². The Morgan fingerprint density at radius 1 is 0.935 bits per heavy atom. The van der Waals surface area contributed by atoms with E-state index < -0.39 is 74.1 Å². The zero-order valence-electron chi connectivity index (χ0n) is 17.4. The highest BCUT2D eigenvalue weighted by Gasteiger charge is 2.52. The minimum absolute atomic E-state index is 0.0830. The van der Waals surface area contributed by atoms with Crippen molar-refractivity contribution in [2.24, 2.45) is 0 Å². The van der Waals surface area contributed by atoms with E-state index in [0.717, 1.165) is 11.1 Å². The molecule has 3 heterocycles. The summed E-state index contributed by atoms with van der Waals surface area (Å²) >= 11 is 0. The molecule has 10 nitrogen and oxygen atoms in total. The molecule has 31 heavy (non-hydrogen) atoms. The quantitative estimate of drug-likeness (QED) is 0.383. The Balaban J connectivity index is 1.44. The van der Waals surface area contributed by atoms with Crippen molar-refractivity contribution < 1.29 is 49.2 Å². The van der Waals surface area contributed by atoms with E-state index in [1.165, 1.54) is 0 Å². The lowest BCUT2D eigenvalue weighted by molar-refractivity contribution is -0.378. The van der Waals surface area contributed by atoms with Gasteiger partial charge in [-0.2, -0.15) is 0 Å². The van der Waals surface area contributed by atoms with Crippen LogP contribution in [-0.4, -0.2) is 100.0 Å². The predicted octanol–water partition coefficient (Wildman–Crippen LogP) is -1.26. The number of ether oxygens (including phenoxy) is 5. The number of aryl methyl sites for hydroxylation is 1. The van der Waals surface area contributed by atoms with Crippen LogP contribution in [0, 0.1) is 6.92 Å². The van der Waals surface area contributed by atoms with E-state index in [4.69, 9.17) is 23.7 Å². The highest BCUT2D eigenvalue weighted by molar-refractivity contribution is 5.22. The zero-order valence-corrected chi connectivity index (χ0v) is 17.4. The Bertz CT molecular complexity index is 725. The lowest BCUT2D eigenvalue weighted by Crippen LogP contribution is -2.65. The van der Waals surface area contributed by atoms with Gasteiger partial charge in [-0.1, -0.05) is 29.8 Å². The molecule has 0 spiro atoms. The molecule has 5 unspecified atom stereocenters. The maximum Gasteiger partial charge on any atom is 0.187 e. The molecule has 1 aromatic carbocycles. The monoisotopic (exact) mass is 442 g/mol. The van der Waals surface area contributed by atoms with Gasteiger partial charge in [-0.25, -0.2) is 0 Å². The third-order valence-corrected chi connectivity index (χ3v) is 6.08. The molecule has 0 bridgehead atoms. The molecule has 5 N–H and O–H groups in total. The molecule has 3 saturated heterocycles. The Morgan fingerprint density at radius 3 is 2.32 bits per heavy atom. The number of aliphatic hydroxyl groups excluding tert-OH is 5. The number of hydrogen-bond donors (Lipinski definition) is 5. The van der Waals surface area contributed by atoms with Crippen molar-refractivity contribution >= 4 is 0 Å². The van der Waals surface area contributed by atoms with Crippen LogP contribution in [0.25, 0.3) is 0 Å². The second-order valence-electron chi connectivity index (χ2n) is 8.34. The van der Waals surface area contributed by atoms with E-state index in [9.17, 15) is 25.5 Å². The van der Waals surface area contributed by atoms with Crippen molar-refractivity contribution in [3.8, 4) is 0 Å². The summed E-state index contributed by atoms with van der Waals surface area (Å²) in [6.45, 7) is 3.14. The fourth-order valence-corrected chi connectivity index (χ4v) is 4.18. The number of aliphatic hydroxyl groups is 5.